The Balaban J connectivity index is 2.70. The Morgan fingerprint density at radius 2 is 2.20 bits per heavy atom. The lowest BCUT2D eigenvalue weighted by Gasteiger charge is -2.03. The van der Waals surface area contributed by atoms with Gasteiger partial charge in [0, 0.05) is 11.6 Å². The number of rotatable bonds is 2. The second kappa shape index (κ2) is 3.74. The zero-order valence-electron chi connectivity index (χ0n) is 8.28. The van der Waals surface area contributed by atoms with Gasteiger partial charge in [0.15, 0.2) is 0 Å². The molecular weight excluding hydrogens is 194 g/mol. The quantitative estimate of drug-likeness (QED) is 0.769. The summed E-state index contributed by atoms with van der Waals surface area (Å²) in [6, 6.07) is 7.07. The van der Waals surface area contributed by atoms with Crippen molar-refractivity contribution >= 4 is 10.9 Å². The van der Waals surface area contributed by atoms with Crippen LogP contribution >= 0.6 is 0 Å². The zero-order chi connectivity index (χ0) is 10.8. The second-order valence-corrected chi connectivity index (χ2v) is 3.23. The highest BCUT2D eigenvalue weighted by atomic mass is 16.5. The number of nitrogens with one attached hydrogen (secondary N) is 1. The number of methoxy groups -OCH3 is 1. The molecule has 4 heteroatoms. The summed E-state index contributed by atoms with van der Waals surface area (Å²) in [5.74, 6) is 0.690. The van der Waals surface area contributed by atoms with Crippen molar-refractivity contribution in [3.8, 4) is 5.75 Å². The van der Waals surface area contributed by atoms with Gasteiger partial charge in [-0.3, -0.25) is 4.79 Å². The third-order valence-corrected chi connectivity index (χ3v) is 2.30. The number of H-pyrrole nitrogens is 1. The Morgan fingerprint density at radius 1 is 1.40 bits per heavy atom. The van der Waals surface area contributed by atoms with Crippen LogP contribution in [0.3, 0.4) is 0 Å². The maximum Gasteiger partial charge on any atom is 0.253 e. The van der Waals surface area contributed by atoms with Crippen molar-refractivity contribution in [3.63, 3.8) is 0 Å². The second-order valence-electron chi connectivity index (χ2n) is 3.23. The molecule has 2 aromatic rings. The van der Waals surface area contributed by atoms with Gasteiger partial charge in [0.25, 0.3) is 5.56 Å². The number of pyridine rings is 1. The minimum absolute atomic E-state index is 0.253. The molecule has 2 rings (SSSR count). The van der Waals surface area contributed by atoms with Crippen molar-refractivity contribution in [2.24, 2.45) is 0 Å². The molecule has 0 amide bonds. The van der Waals surface area contributed by atoms with Crippen molar-refractivity contribution in [3.05, 3.63) is 40.2 Å². The number of hydrogen-bond donors (Lipinski definition) is 2. The Kier molecular flexibility index (Phi) is 2.43. The summed E-state index contributed by atoms with van der Waals surface area (Å²) in [5, 5.41) is 9.81. The molecule has 0 spiro atoms. The molecule has 2 N–H and O–H groups in total. The first-order valence-electron chi connectivity index (χ1n) is 4.55. The number of aromatic amines is 1. The fraction of sp³-hybridized carbons (Fsp3) is 0.182. The standard InChI is InChI=1S/C11H11NO3/c1-15-9-3-2-7-4-8(6-13)11(14)12-10(7)5-9/h2-5,13H,6H2,1H3,(H,12,14). The Bertz CT molecular complexity index is 545. The third-order valence-electron chi connectivity index (χ3n) is 2.30. The van der Waals surface area contributed by atoms with Crippen molar-refractivity contribution in [2.45, 2.75) is 6.61 Å². The van der Waals surface area contributed by atoms with Gasteiger partial charge in [-0.05, 0) is 23.6 Å². The number of fused-ring (bicyclic) bond motifs is 1. The van der Waals surface area contributed by atoms with E-state index in [1.165, 1.54) is 0 Å². The van der Waals surface area contributed by atoms with Crippen LogP contribution < -0.4 is 10.3 Å². The van der Waals surface area contributed by atoms with Crippen LogP contribution in [-0.2, 0) is 6.61 Å². The van der Waals surface area contributed by atoms with Gasteiger partial charge in [0.2, 0.25) is 0 Å². The van der Waals surface area contributed by atoms with Crippen molar-refractivity contribution < 1.29 is 9.84 Å². The number of benzene rings is 1. The first kappa shape index (κ1) is 9.73. The van der Waals surface area contributed by atoms with Gasteiger partial charge in [-0.1, -0.05) is 0 Å². The van der Waals surface area contributed by atoms with E-state index in [0.717, 1.165) is 5.39 Å². The lowest BCUT2D eigenvalue weighted by atomic mass is 10.1. The van der Waals surface area contributed by atoms with Gasteiger partial charge in [-0.2, -0.15) is 0 Å². The van der Waals surface area contributed by atoms with Crippen LogP contribution in [0.2, 0.25) is 0 Å². The molecule has 1 aromatic carbocycles. The maximum atomic E-state index is 11.4. The first-order chi connectivity index (χ1) is 7.24. The average Bonchev–Trinajstić information content (AvgIpc) is 2.27. The molecule has 0 radical (unpaired) electrons. The Labute approximate surface area is 86.1 Å². The van der Waals surface area contributed by atoms with E-state index in [9.17, 15) is 4.79 Å². The van der Waals surface area contributed by atoms with Crippen molar-refractivity contribution in [2.75, 3.05) is 7.11 Å². The zero-order valence-corrected chi connectivity index (χ0v) is 8.28. The summed E-state index contributed by atoms with van der Waals surface area (Å²) in [7, 11) is 1.57. The lowest BCUT2D eigenvalue weighted by molar-refractivity contribution is 0.280. The molecule has 0 atom stereocenters. The Morgan fingerprint density at radius 3 is 2.87 bits per heavy atom. The fourth-order valence-corrected chi connectivity index (χ4v) is 1.47. The highest BCUT2D eigenvalue weighted by molar-refractivity contribution is 5.80. The predicted octanol–water partition coefficient (Wildman–Crippen LogP) is 1.03. The number of ether oxygens (including phenoxy) is 1. The summed E-state index contributed by atoms with van der Waals surface area (Å²) >= 11 is 0. The van der Waals surface area contributed by atoms with Gasteiger partial charge in [0.05, 0.1) is 19.2 Å². The van der Waals surface area contributed by atoms with E-state index in [2.05, 4.69) is 4.98 Å². The lowest BCUT2D eigenvalue weighted by Crippen LogP contribution is -2.11. The number of aliphatic hydroxyl groups is 1. The number of aliphatic hydroxyl groups excluding tert-OH is 1. The molecule has 0 fully saturated rings. The topological polar surface area (TPSA) is 62.3 Å². The van der Waals surface area contributed by atoms with Crippen LogP contribution in [-0.4, -0.2) is 17.2 Å². The largest absolute Gasteiger partial charge is 0.497 e. The van der Waals surface area contributed by atoms with E-state index in [0.29, 0.717) is 16.8 Å². The van der Waals surface area contributed by atoms with Gasteiger partial charge >= 0.3 is 0 Å². The summed E-state index contributed by atoms with van der Waals surface area (Å²) in [5.41, 5.74) is 0.808. The summed E-state index contributed by atoms with van der Waals surface area (Å²) in [4.78, 5) is 14.1. The van der Waals surface area contributed by atoms with Crippen molar-refractivity contribution in [1.29, 1.82) is 0 Å². The minimum atomic E-state index is -0.266. The van der Waals surface area contributed by atoms with E-state index < -0.39 is 0 Å². The Hall–Kier alpha value is -1.81. The SMILES string of the molecule is COc1ccc2cc(CO)c(=O)[nH]c2c1. The van der Waals surface area contributed by atoms with Crippen LogP contribution in [0, 0.1) is 0 Å². The molecule has 15 heavy (non-hydrogen) atoms. The normalized spacial score (nSPS) is 10.5. The van der Waals surface area contributed by atoms with E-state index in [1.807, 2.05) is 12.1 Å². The van der Waals surface area contributed by atoms with E-state index in [4.69, 9.17) is 9.84 Å². The minimum Gasteiger partial charge on any atom is -0.497 e. The van der Waals surface area contributed by atoms with Crippen LogP contribution in [0.4, 0.5) is 0 Å². The molecule has 0 aliphatic rings. The summed E-state index contributed by atoms with van der Waals surface area (Å²) < 4.78 is 5.05. The fourth-order valence-electron chi connectivity index (χ4n) is 1.47. The third kappa shape index (κ3) is 1.71. The summed E-state index contributed by atoms with van der Waals surface area (Å²) in [6.45, 7) is -0.253. The monoisotopic (exact) mass is 205 g/mol. The van der Waals surface area contributed by atoms with Crippen LogP contribution in [0.1, 0.15) is 5.56 Å². The molecule has 0 aliphatic heterocycles. The van der Waals surface area contributed by atoms with Gasteiger partial charge in [-0.25, -0.2) is 0 Å². The predicted molar refractivity (Wildman–Crippen MR) is 57.0 cm³/mol. The maximum absolute atomic E-state index is 11.4. The highest BCUT2D eigenvalue weighted by Gasteiger charge is 2.02. The molecule has 0 aliphatic carbocycles. The molecule has 0 saturated heterocycles. The van der Waals surface area contributed by atoms with Gasteiger partial charge in [0.1, 0.15) is 5.75 Å². The highest BCUT2D eigenvalue weighted by Crippen LogP contribution is 2.18. The molecule has 0 saturated carbocycles. The van der Waals surface area contributed by atoms with E-state index in [1.54, 1.807) is 19.2 Å². The van der Waals surface area contributed by atoms with Crippen LogP contribution in [0.5, 0.6) is 5.75 Å². The number of aromatic nitrogens is 1. The molecule has 4 nitrogen and oxygen atoms in total. The molecule has 0 unspecified atom stereocenters. The van der Waals surface area contributed by atoms with E-state index in [-0.39, 0.29) is 12.2 Å². The average molecular weight is 205 g/mol. The van der Waals surface area contributed by atoms with E-state index >= 15 is 0 Å². The molecule has 1 aromatic heterocycles. The first-order valence-corrected chi connectivity index (χ1v) is 4.55. The van der Waals surface area contributed by atoms with Crippen LogP contribution in [0.25, 0.3) is 10.9 Å². The van der Waals surface area contributed by atoms with Crippen LogP contribution in [0.15, 0.2) is 29.1 Å². The molecule has 78 valence electrons. The summed E-state index contributed by atoms with van der Waals surface area (Å²) in [6.07, 6.45) is 0. The smallest absolute Gasteiger partial charge is 0.253 e. The van der Waals surface area contributed by atoms with Gasteiger partial charge < -0.3 is 14.8 Å². The number of hydrogen-bond acceptors (Lipinski definition) is 3. The molecular formula is C11H11NO3. The molecule has 0 bridgehead atoms. The van der Waals surface area contributed by atoms with Crippen molar-refractivity contribution in [1.82, 2.24) is 4.98 Å². The van der Waals surface area contributed by atoms with Gasteiger partial charge in [-0.15, -0.1) is 0 Å². The molecule has 1 heterocycles.